The van der Waals surface area contributed by atoms with Crippen molar-refractivity contribution in [2.45, 2.75) is 12.8 Å². The van der Waals surface area contributed by atoms with Crippen LogP contribution in [-0.4, -0.2) is 32.8 Å². The highest BCUT2D eigenvalue weighted by Gasteiger charge is 2.32. The third-order valence-corrected chi connectivity index (χ3v) is 3.19. The molecule has 2 rings (SSSR count). The summed E-state index contributed by atoms with van der Waals surface area (Å²) in [5.74, 6) is -3.12. The topological polar surface area (TPSA) is 154 Å². The van der Waals surface area contributed by atoms with Gasteiger partial charge in [-0.25, -0.2) is 0 Å². The Kier molecular flexibility index (Phi) is 4.55. The van der Waals surface area contributed by atoms with E-state index in [1.165, 1.54) is 6.07 Å². The second kappa shape index (κ2) is 6.57. The molecule has 0 saturated carbocycles. The molecule has 0 radical (unpaired) electrons. The van der Waals surface area contributed by atoms with E-state index in [1.54, 1.807) is 0 Å². The number of aliphatic hydroxyl groups excluding tert-OH is 1. The normalized spacial score (nSPS) is 14.9. The lowest BCUT2D eigenvalue weighted by atomic mass is 10.1. The maximum atomic E-state index is 12.0. The van der Waals surface area contributed by atoms with Crippen molar-refractivity contribution in [2.75, 3.05) is 0 Å². The summed E-state index contributed by atoms with van der Waals surface area (Å²) in [5.41, 5.74) is 0.975. The number of benzene rings is 1. The Balaban J connectivity index is 2.27. The molecule has 1 heterocycles. The average Bonchev–Trinajstić information content (AvgIpc) is 2.87. The van der Waals surface area contributed by atoms with Crippen molar-refractivity contribution in [1.82, 2.24) is 10.4 Å². The Morgan fingerprint density at radius 1 is 1.25 bits per heavy atom. The van der Waals surface area contributed by atoms with E-state index in [0.717, 1.165) is 24.3 Å². The van der Waals surface area contributed by atoms with Crippen molar-refractivity contribution in [3.8, 4) is 6.07 Å². The summed E-state index contributed by atoms with van der Waals surface area (Å²) < 4.78 is 0. The number of hydrogen-bond acceptors (Lipinski definition) is 7. The third kappa shape index (κ3) is 3.20. The summed E-state index contributed by atoms with van der Waals surface area (Å²) in [6.07, 6.45) is -0.113. The molecule has 1 aromatic carbocycles. The van der Waals surface area contributed by atoms with Gasteiger partial charge in [0.25, 0.3) is 11.6 Å². The van der Waals surface area contributed by atoms with Gasteiger partial charge in [-0.3, -0.25) is 29.9 Å². The molecule has 1 saturated heterocycles. The number of nitro groups is 1. The minimum atomic E-state index is -1.14. The number of amides is 3. The van der Waals surface area contributed by atoms with E-state index >= 15 is 0 Å². The van der Waals surface area contributed by atoms with Crippen LogP contribution in [0, 0.1) is 21.4 Å². The van der Waals surface area contributed by atoms with Crippen LogP contribution in [0.1, 0.15) is 18.4 Å². The SMILES string of the molecule is N#CC(C(=O)NN1C(=O)CCC1=O)=C(O)c1ccc([N+](=O)[O-])cc1. The molecule has 1 aliphatic rings. The van der Waals surface area contributed by atoms with Gasteiger partial charge >= 0.3 is 0 Å². The van der Waals surface area contributed by atoms with Crippen LogP contribution < -0.4 is 5.43 Å². The fourth-order valence-electron chi connectivity index (χ4n) is 1.96. The van der Waals surface area contributed by atoms with E-state index in [9.17, 15) is 29.6 Å². The minimum absolute atomic E-state index is 0.00799. The average molecular weight is 330 g/mol. The predicted octanol–water partition coefficient (Wildman–Crippen LogP) is 0.568. The molecule has 0 aromatic heterocycles. The first-order valence-corrected chi connectivity index (χ1v) is 6.60. The lowest BCUT2D eigenvalue weighted by Gasteiger charge is -2.14. The molecule has 0 spiro atoms. The number of carbonyl (C=O) groups is 3. The molecule has 24 heavy (non-hydrogen) atoms. The van der Waals surface area contributed by atoms with Gasteiger partial charge in [0.15, 0.2) is 5.57 Å². The largest absolute Gasteiger partial charge is 0.506 e. The number of hydrazine groups is 1. The van der Waals surface area contributed by atoms with Crippen LogP contribution in [-0.2, 0) is 14.4 Å². The Bertz CT molecular complexity index is 790. The summed E-state index contributed by atoms with van der Waals surface area (Å²) >= 11 is 0. The van der Waals surface area contributed by atoms with Crippen molar-refractivity contribution in [1.29, 1.82) is 5.26 Å². The van der Waals surface area contributed by atoms with Crippen LogP contribution >= 0.6 is 0 Å². The molecule has 10 nitrogen and oxygen atoms in total. The highest BCUT2D eigenvalue weighted by atomic mass is 16.6. The zero-order chi connectivity index (χ0) is 17.9. The number of nitrogens with one attached hydrogen (secondary N) is 1. The number of aliphatic hydroxyl groups is 1. The Morgan fingerprint density at radius 2 is 1.79 bits per heavy atom. The van der Waals surface area contributed by atoms with E-state index in [0.29, 0.717) is 5.01 Å². The van der Waals surface area contributed by atoms with Gasteiger partial charge in [0.2, 0.25) is 11.8 Å². The van der Waals surface area contributed by atoms with E-state index in [-0.39, 0.29) is 24.1 Å². The van der Waals surface area contributed by atoms with Crippen LogP contribution in [0.25, 0.3) is 5.76 Å². The number of rotatable bonds is 4. The Labute approximate surface area is 134 Å². The summed E-state index contributed by atoms with van der Waals surface area (Å²) in [6.45, 7) is 0. The van der Waals surface area contributed by atoms with Crippen LogP contribution in [0.5, 0.6) is 0 Å². The van der Waals surface area contributed by atoms with Crippen molar-refractivity contribution in [3.63, 3.8) is 0 Å². The quantitative estimate of drug-likeness (QED) is 0.204. The van der Waals surface area contributed by atoms with E-state index in [4.69, 9.17) is 5.26 Å². The van der Waals surface area contributed by atoms with Crippen molar-refractivity contribution in [3.05, 3.63) is 45.5 Å². The van der Waals surface area contributed by atoms with Gasteiger partial charge in [-0.05, 0) is 12.1 Å². The van der Waals surface area contributed by atoms with Crippen molar-refractivity contribution in [2.24, 2.45) is 0 Å². The number of hydrogen-bond donors (Lipinski definition) is 2. The van der Waals surface area contributed by atoms with Crippen LogP contribution in [0.3, 0.4) is 0 Å². The molecule has 0 bridgehead atoms. The molecule has 1 fully saturated rings. The number of nitro benzene ring substituents is 1. The molecule has 10 heteroatoms. The number of nitrogens with zero attached hydrogens (tertiary/aromatic N) is 3. The smallest absolute Gasteiger partial charge is 0.284 e. The first-order valence-electron chi connectivity index (χ1n) is 6.60. The minimum Gasteiger partial charge on any atom is -0.506 e. The number of nitriles is 1. The van der Waals surface area contributed by atoms with E-state index < -0.39 is 34.0 Å². The third-order valence-electron chi connectivity index (χ3n) is 3.19. The molecule has 1 aliphatic heterocycles. The zero-order valence-corrected chi connectivity index (χ0v) is 12.1. The van der Waals surface area contributed by atoms with E-state index in [1.807, 2.05) is 5.43 Å². The zero-order valence-electron chi connectivity index (χ0n) is 12.1. The summed E-state index contributed by atoms with van der Waals surface area (Å²) in [5, 5.41) is 30.1. The van der Waals surface area contributed by atoms with Gasteiger partial charge in [0.05, 0.1) is 4.92 Å². The summed E-state index contributed by atoms with van der Waals surface area (Å²) in [7, 11) is 0. The van der Waals surface area contributed by atoms with Gasteiger partial charge in [-0.15, -0.1) is 0 Å². The van der Waals surface area contributed by atoms with Gasteiger partial charge in [0.1, 0.15) is 11.8 Å². The first kappa shape index (κ1) is 16.6. The lowest BCUT2D eigenvalue weighted by Crippen LogP contribution is -2.46. The van der Waals surface area contributed by atoms with Gasteiger partial charge in [-0.1, -0.05) is 0 Å². The second-order valence-corrected chi connectivity index (χ2v) is 4.70. The van der Waals surface area contributed by atoms with E-state index in [2.05, 4.69) is 0 Å². The van der Waals surface area contributed by atoms with Crippen LogP contribution in [0.2, 0.25) is 0 Å². The van der Waals surface area contributed by atoms with Crippen molar-refractivity contribution < 1.29 is 24.4 Å². The highest BCUT2D eigenvalue weighted by Crippen LogP contribution is 2.20. The fourth-order valence-corrected chi connectivity index (χ4v) is 1.96. The van der Waals surface area contributed by atoms with Crippen molar-refractivity contribution >= 4 is 29.2 Å². The summed E-state index contributed by atoms with van der Waals surface area (Å²) in [4.78, 5) is 44.8. The molecular weight excluding hydrogens is 320 g/mol. The Morgan fingerprint density at radius 3 is 2.25 bits per heavy atom. The fraction of sp³-hybridized carbons (Fsp3) is 0.143. The highest BCUT2D eigenvalue weighted by molar-refractivity contribution is 6.08. The maximum absolute atomic E-state index is 12.0. The molecule has 1 aromatic rings. The van der Waals surface area contributed by atoms with Crippen LogP contribution in [0.15, 0.2) is 29.8 Å². The maximum Gasteiger partial charge on any atom is 0.284 e. The van der Waals surface area contributed by atoms with Gasteiger partial charge < -0.3 is 5.11 Å². The predicted molar refractivity (Wildman–Crippen MR) is 77.5 cm³/mol. The van der Waals surface area contributed by atoms with Crippen LogP contribution in [0.4, 0.5) is 5.69 Å². The molecular formula is C14H10N4O6. The molecule has 122 valence electrons. The molecule has 0 aliphatic carbocycles. The first-order chi connectivity index (χ1) is 11.3. The molecule has 0 atom stereocenters. The monoisotopic (exact) mass is 330 g/mol. The van der Waals surface area contributed by atoms with Gasteiger partial charge in [-0.2, -0.15) is 10.3 Å². The molecule has 0 unspecified atom stereocenters. The lowest BCUT2D eigenvalue weighted by molar-refractivity contribution is -0.384. The molecule has 3 amide bonds. The number of carbonyl (C=O) groups excluding carboxylic acids is 3. The number of non-ortho nitro benzene ring substituents is 1. The summed E-state index contributed by atoms with van der Waals surface area (Å²) in [6, 6.07) is 5.97. The Hall–Kier alpha value is -3.74. The van der Waals surface area contributed by atoms with Gasteiger partial charge in [0, 0.05) is 30.5 Å². The number of imide groups is 1. The second-order valence-electron chi connectivity index (χ2n) is 4.70. The standard InChI is InChI=1S/C14H10N4O6/c15-7-10(14(22)16-17-11(19)5-6-12(17)20)13(21)8-1-3-9(4-2-8)18(23)24/h1-4,21H,5-6H2,(H,16,22). The molecule has 2 N–H and O–H groups in total.